The van der Waals surface area contributed by atoms with Crippen molar-refractivity contribution in [3.63, 3.8) is 0 Å². The third kappa shape index (κ3) is 7.47. The average Bonchev–Trinajstić information content (AvgIpc) is 4.11. The van der Waals surface area contributed by atoms with Crippen LogP contribution in [0.5, 0.6) is 0 Å². The number of carbonyl (C=O) groups excluding carboxylic acids is 4. The van der Waals surface area contributed by atoms with E-state index in [1.165, 1.54) is 21.3 Å². The van der Waals surface area contributed by atoms with Gasteiger partial charge >= 0.3 is 12.2 Å². The number of ether oxygens (including phenoxy) is 3. The smallest absolute Gasteiger partial charge is 0.407 e. The molecule has 2 bridgehead atoms. The Morgan fingerprint density at radius 3 is 2.22 bits per heavy atom. The molecule has 1 aliphatic carbocycles. The predicted octanol–water partition coefficient (Wildman–Crippen LogP) is 6.63. The van der Waals surface area contributed by atoms with Crippen LogP contribution in [0, 0.1) is 11.8 Å². The molecule has 15 heteroatoms. The van der Waals surface area contributed by atoms with E-state index < -0.39 is 30.4 Å². The van der Waals surface area contributed by atoms with Crippen molar-refractivity contribution in [3.8, 4) is 22.4 Å². The Labute approximate surface area is 342 Å². The summed E-state index contributed by atoms with van der Waals surface area (Å²) in [7, 11) is 4.07. The first-order valence-electron chi connectivity index (χ1n) is 20.4. The summed E-state index contributed by atoms with van der Waals surface area (Å²) in [6.07, 6.45) is 4.38. The molecule has 0 spiro atoms. The van der Waals surface area contributed by atoms with Crippen LogP contribution in [-0.2, 0) is 23.8 Å². The Balaban J connectivity index is 0.999. The molecule has 1 unspecified atom stereocenters. The molecule has 2 saturated heterocycles. The molecule has 2 aliphatic heterocycles. The molecule has 4 N–H and O–H groups in total. The first-order chi connectivity index (χ1) is 28.5. The minimum Gasteiger partial charge on any atom is -0.453 e. The van der Waals surface area contributed by atoms with Crippen LogP contribution in [-0.4, -0.2) is 106 Å². The summed E-state index contributed by atoms with van der Waals surface area (Å²) >= 11 is 0. The minimum atomic E-state index is -0.898. The molecular formula is C44H52N8O7. The largest absolute Gasteiger partial charge is 0.453 e. The van der Waals surface area contributed by atoms with E-state index in [2.05, 4.69) is 80.2 Å². The zero-order valence-corrected chi connectivity index (χ0v) is 34.3. The Morgan fingerprint density at radius 2 is 1.51 bits per heavy atom. The van der Waals surface area contributed by atoms with E-state index in [1.54, 1.807) is 18.0 Å². The summed E-state index contributed by atoms with van der Waals surface area (Å²) in [5.74, 6) is 1.31. The Morgan fingerprint density at radius 1 is 0.797 bits per heavy atom. The Kier molecular flexibility index (Phi) is 11.0. The van der Waals surface area contributed by atoms with Crippen LogP contribution in [0.15, 0.2) is 60.8 Å². The zero-order chi connectivity index (χ0) is 41.5. The maximum Gasteiger partial charge on any atom is 0.407 e. The molecule has 15 nitrogen and oxygen atoms in total. The number of alkyl carbamates (subject to hydrolysis) is 2. The molecular weight excluding hydrogens is 753 g/mol. The van der Waals surface area contributed by atoms with E-state index >= 15 is 0 Å². The number of fused-ring (bicyclic) bond motifs is 5. The fraction of sp³-hybridized carbons (Fsp3) is 0.455. The number of methoxy groups -OCH3 is 3. The van der Waals surface area contributed by atoms with Crippen molar-refractivity contribution >= 4 is 45.8 Å². The van der Waals surface area contributed by atoms with Crippen molar-refractivity contribution in [2.24, 2.45) is 11.8 Å². The summed E-state index contributed by atoms with van der Waals surface area (Å²) in [6, 6.07) is 16.9. The van der Waals surface area contributed by atoms with E-state index in [-0.39, 0.29) is 35.9 Å². The third-order valence-corrected chi connectivity index (χ3v) is 12.5. The van der Waals surface area contributed by atoms with Crippen LogP contribution in [0.4, 0.5) is 9.59 Å². The van der Waals surface area contributed by atoms with Crippen LogP contribution in [0.3, 0.4) is 0 Å². The van der Waals surface area contributed by atoms with Crippen LogP contribution >= 0.6 is 0 Å². The van der Waals surface area contributed by atoms with Gasteiger partial charge in [0.2, 0.25) is 11.8 Å². The molecule has 0 radical (unpaired) electrons. The molecule has 7 atom stereocenters. The average molecular weight is 805 g/mol. The number of amides is 4. The number of nitrogens with one attached hydrogen (secondary N) is 4. The van der Waals surface area contributed by atoms with E-state index in [1.807, 2.05) is 18.7 Å². The Hall–Kier alpha value is -5.96. The van der Waals surface area contributed by atoms with Gasteiger partial charge < -0.3 is 44.6 Å². The third-order valence-electron chi connectivity index (χ3n) is 12.5. The summed E-state index contributed by atoms with van der Waals surface area (Å²) in [5, 5.41) is 7.47. The highest BCUT2D eigenvalue weighted by molar-refractivity contribution is 6.05. The normalized spacial score (nSPS) is 21.5. The monoisotopic (exact) mass is 804 g/mol. The van der Waals surface area contributed by atoms with Gasteiger partial charge in [-0.2, -0.15) is 0 Å². The number of nitrogens with zero attached hydrogens (tertiary/aromatic N) is 4. The number of aromatic nitrogens is 4. The first kappa shape index (κ1) is 39.8. The van der Waals surface area contributed by atoms with Gasteiger partial charge in [-0.1, -0.05) is 56.3 Å². The van der Waals surface area contributed by atoms with Crippen molar-refractivity contribution in [2.45, 2.75) is 89.2 Å². The van der Waals surface area contributed by atoms with Gasteiger partial charge in [-0.05, 0) is 85.1 Å². The van der Waals surface area contributed by atoms with Crippen LogP contribution in [0.2, 0.25) is 0 Å². The molecule has 4 amide bonds. The molecule has 1 saturated carbocycles. The number of rotatable bonds is 11. The van der Waals surface area contributed by atoms with Crippen molar-refractivity contribution in [1.82, 2.24) is 40.4 Å². The lowest BCUT2D eigenvalue weighted by Gasteiger charge is -2.37. The number of likely N-dealkylation sites (tertiary alicyclic amines) is 2. The van der Waals surface area contributed by atoms with Gasteiger partial charge in [0.1, 0.15) is 23.7 Å². The summed E-state index contributed by atoms with van der Waals surface area (Å²) in [6.45, 7) is 6.14. The van der Waals surface area contributed by atoms with E-state index in [9.17, 15) is 19.2 Å². The lowest BCUT2D eigenvalue weighted by Crippen LogP contribution is -2.54. The summed E-state index contributed by atoms with van der Waals surface area (Å²) in [4.78, 5) is 72.5. The number of H-pyrrole nitrogens is 2. The highest BCUT2D eigenvalue weighted by Gasteiger charge is 2.51. The number of hydrogen-bond acceptors (Lipinski definition) is 9. The number of piperidine rings is 1. The van der Waals surface area contributed by atoms with E-state index in [4.69, 9.17) is 19.2 Å². The number of aromatic amines is 2. The first-order valence-corrected chi connectivity index (χ1v) is 20.4. The van der Waals surface area contributed by atoms with Crippen molar-refractivity contribution in [3.05, 3.63) is 72.4 Å². The quantitative estimate of drug-likeness (QED) is 0.114. The van der Waals surface area contributed by atoms with Crippen LogP contribution < -0.4 is 10.6 Å². The van der Waals surface area contributed by atoms with Crippen LogP contribution in [0.25, 0.3) is 44.2 Å². The molecule has 3 fully saturated rings. The number of carbonyl (C=O) groups is 4. The van der Waals surface area contributed by atoms with Gasteiger partial charge in [-0.25, -0.2) is 19.6 Å². The van der Waals surface area contributed by atoms with Crippen molar-refractivity contribution in [1.29, 1.82) is 0 Å². The SMILES string of the molecule is COC(=O)NC(C(=O)N1[C@@H]2CC[C@@H](C2)[C@H]1c1nc2c(ccc3cc(-c4ccc(-c5cnc([C@@H]6CCCN6C(=O)[C@@H](NC(=O)OC)[C@@H](C)OC)[nH]5)cc4)ccc32)[nH]1)C(C)C. The molecule has 3 aromatic carbocycles. The van der Waals surface area contributed by atoms with Gasteiger partial charge in [0.05, 0.1) is 55.3 Å². The second kappa shape index (κ2) is 16.4. The lowest BCUT2D eigenvalue weighted by atomic mass is 9.95. The molecule has 59 heavy (non-hydrogen) atoms. The summed E-state index contributed by atoms with van der Waals surface area (Å²) < 4.78 is 15.0. The molecule has 3 aliphatic rings. The molecule has 5 aromatic rings. The van der Waals surface area contributed by atoms with E-state index in [0.717, 1.165) is 82.1 Å². The number of imidazole rings is 2. The van der Waals surface area contributed by atoms with E-state index in [0.29, 0.717) is 18.3 Å². The predicted molar refractivity (Wildman–Crippen MR) is 221 cm³/mol. The fourth-order valence-electron chi connectivity index (χ4n) is 9.35. The maximum atomic E-state index is 14.1. The van der Waals surface area contributed by atoms with Gasteiger partial charge in [-0.3, -0.25) is 9.59 Å². The van der Waals surface area contributed by atoms with Gasteiger partial charge in [0.25, 0.3) is 0 Å². The van der Waals surface area contributed by atoms with Gasteiger partial charge in [0, 0.05) is 25.1 Å². The minimum absolute atomic E-state index is 0.0959. The highest BCUT2D eigenvalue weighted by atomic mass is 16.5. The highest BCUT2D eigenvalue weighted by Crippen LogP contribution is 2.50. The number of hydrogen-bond donors (Lipinski definition) is 4. The van der Waals surface area contributed by atoms with Gasteiger partial charge in [0.15, 0.2) is 0 Å². The topological polar surface area (TPSA) is 184 Å². The zero-order valence-electron chi connectivity index (χ0n) is 34.3. The van der Waals surface area contributed by atoms with Crippen molar-refractivity contribution in [2.75, 3.05) is 27.9 Å². The molecule has 8 rings (SSSR count). The molecule has 2 aromatic heterocycles. The fourth-order valence-corrected chi connectivity index (χ4v) is 9.35. The maximum absolute atomic E-state index is 14.1. The van der Waals surface area contributed by atoms with Crippen LogP contribution in [0.1, 0.15) is 76.6 Å². The van der Waals surface area contributed by atoms with Crippen molar-refractivity contribution < 1.29 is 33.4 Å². The standard InChI is InChI=1S/C44H52N8O7/c1-23(2)35(49-43(55)58-5)42(54)52-30-16-13-29(21-30)38(52)40-46-32-18-15-28-20-27(14-17-31(28)37(32)48-40)25-9-11-26(12-10-25)33-22-45-39(47-33)34-8-7-19-51(34)41(53)36(24(3)57-4)50-44(56)59-6/h9-12,14-15,17-18,20,22-24,29-30,34-36,38H,7-8,13,16,19,21H2,1-6H3,(H,45,47)(H,46,48)(H,49,55)(H,50,56)/t24-,29+,30-,34+,35?,36+,38+/m1/s1. The summed E-state index contributed by atoms with van der Waals surface area (Å²) in [5.41, 5.74) is 5.70. The second-order valence-electron chi connectivity index (χ2n) is 16.3. The second-order valence-corrected chi connectivity index (χ2v) is 16.3. The molecule has 4 heterocycles. The van der Waals surface area contributed by atoms with Gasteiger partial charge in [-0.15, -0.1) is 0 Å². The molecule has 310 valence electrons. The lowest BCUT2D eigenvalue weighted by molar-refractivity contribution is -0.139. The Bertz CT molecular complexity index is 2370. The number of benzene rings is 3.